The number of carboxylic acid groups (broad SMARTS) is 1. The van der Waals surface area contributed by atoms with Gasteiger partial charge in [-0.3, -0.25) is 9.13 Å². The Morgan fingerprint density at radius 1 is 1.09 bits per heavy atom. The van der Waals surface area contributed by atoms with Crippen LogP contribution in [0.5, 0.6) is 11.6 Å². The molecule has 1 amide bonds. The second-order valence-corrected chi connectivity index (χ2v) is 7.84. The molecule has 0 aliphatic carbocycles. The van der Waals surface area contributed by atoms with Crippen molar-refractivity contribution < 1.29 is 14.6 Å². The summed E-state index contributed by atoms with van der Waals surface area (Å²) in [5.41, 5.74) is 7.62. The Kier molecular flexibility index (Phi) is 5.17. The standard InChI is InChI=1S/C23H22N6O4/c24-21-20-18(10-12-26-21)28(16-4-3-13-27(14-16)23(31)32)22(30)29(20)15-6-8-17(9-7-15)33-19-5-1-2-11-25-19/h1-2,5-12,16H,3-4,13-14H2,(H2,24,26)(H,31,32)/t16-/m1/s1. The predicted molar refractivity (Wildman–Crippen MR) is 122 cm³/mol. The summed E-state index contributed by atoms with van der Waals surface area (Å²) >= 11 is 0. The maximum absolute atomic E-state index is 13.6. The minimum absolute atomic E-state index is 0.225. The molecule has 10 nitrogen and oxygen atoms in total. The number of piperidine rings is 1. The molecule has 0 spiro atoms. The van der Waals surface area contributed by atoms with E-state index in [4.69, 9.17) is 10.5 Å². The number of nitrogens with two attached hydrogens (primary N) is 1. The van der Waals surface area contributed by atoms with Gasteiger partial charge >= 0.3 is 11.8 Å². The summed E-state index contributed by atoms with van der Waals surface area (Å²) in [6, 6.07) is 13.9. The van der Waals surface area contributed by atoms with Crippen molar-refractivity contribution in [1.82, 2.24) is 24.0 Å². The van der Waals surface area contributed by atoms with Crippen LogP contribution in [0.2, 0.25) is 0 Å². The number of pyridine rings is 2. The number of amides is 1. The highest BCUT2D eigenvalue weighted by Crippen LogP contribution is 2.29. The van der Waals surface area contributed by atoms with Gasteiger partial charge in [0.25, 0.3) is 0 Å². The van der Waals surface area contributed by atoms with E-state index in [0.29, 0.717) is 47.7 Å². The van der Waals surface area contributed by atoms with Crippen molar-refractivity contribution in [3.8, 4) is 17.3 Å². The van der Waals surface area contributed by atoms with Crippen LogP contribution in [0.4, 0.5) is 10.6 Å². The van der Waals surface area contributed by atoms with E-state index < -0.39 is 6.09 Å². The van der Waals surface area contributed by atoms with E-state index in [-0.39, 0.29) is 24.1 Å². The lowest BCUT2D eigenvalue weighted by Crippen LogP contribution is -2.42. The van der Waals surface area contributed by atoms with Crippen molar-refractivity contribution >= 4 is 22.9 Å². The third kappa shape index (κ3) is 3.75. The first-order valence-electron chi connectivity index (χ1n) is 10.6. The molecule has 0 radical (unpaired) electrons. The van der Waals surface area contributed by atoms with E-state index in [1.54, 1.807) is 59.4 Å². The minimum Gasteiger partial charge on any atom is -0.465 e. The molecule has 1 aromatic carbocycles. The third-order valence-electron chi connectivity index (χ3n) is 5.80. The SMILES string of the molecule is Nc1nccc2c1n(-c1ccc(Oc3ccccn3)cc1)c(=O)n2[C@@H]1CCCN(C(=O)O)C1. The Balaban J connectivity index is 1.57. The van der Waals surface area contributed by atoms with Crippen LogP contribution < -0.4 is 16.2 Å². The summed E-state index contributed by atoms with van der Waals surface area (Å²) < 4.78 is 8.90. The fraction of sp³-hybridized carbons (Fsp3) is 0.217. The van der Waals surface area contributed by atoms with Crippen molar-refractivity contribution in [3.63, 3.8) is 0 Å². The maximum Gasteiger partial charge on any atom is 0.407 e. The molecule has 5 rings (SSSR count). The average molecular weight is 446 g/mol. The van der Waals surface area contributed by atoms with Gasteiger partial charge < -0.3 is 20.5 Å². The van der Waals surface area contributed by atoms with E-state index in [2.05, 4.69) is 9.97 Å². The number of ether oxygens (including phenoxy) is 1. The number of anilines is 1. The van der Waals surface area contributed by atoms with E-state index in [0.717, 1.165) is 0 Å². The van der Waals surface area contributed by atoms with Crippen LogP contribution >= 0.6 is 0 Å². The highest BCUT2D eigenvalue weighted by Gasteiger charge is 2.29. The zero-order chi connectivity index (χ0) is 22.9. The largest absolute Gasteiger partial charge is 0.465 e. The van der Waals surface area contributed by atoms with Gasteiger partial charge in [-0.2, -0.15) is 0 Å². The summed E-state index contributed by atoms with van der Waals surface area (Å²) in [6.07, 6.45) is 3.59. The van der Waals surface area contributed by atoms with Crippen molar-refractivity contribution in [2.75, 3.05) is 18.8 Å². The van der Waals surface area contributed by atoms with Crippen LogP contribution in [0.1, 0.15) is 18.9 Å². The van der Waals surface area contributed by atoms with Gasteiger partial charge in [0, 0.05) is 31.5 Å². The highest BCUT2D eigenvalue weighted by molar-refractivity contribution is 5.87. The molecule has 0 saturated carbocycles. The summed E-state index contributed by atoms with van der Waals surface area (Å²) in [4.78, 5) is 34.8. The summed E-state index contributed by atoms with van der Waals surface area (Å²) in [5, 5.41) is 9.43. The molecule has 1 aliphatic heterocycles. The van der Waals surface area contributed by atoms with Gasteiger partial charge in [0.15, 0.2) is 0 Å². The maximum atomic E-state index is 13.6. The monoisotopic (exact) mass is 446 g/mol. The number of carbonyl (C=O) groups is 1. The minimum atomic E-state index is -0.985. The van der Waals surface area contributed by atoms with Crippen LogP contribution in [-0.4, -0.2) is 48.3 Å². The van der Waals surface area contributed by atoms with E-state index >= 15 is 0 Å². The summed E-state index contributed by atoms with van der Waals surface area (Å²) in [7, 11) is 0. The van der Waals surface area contributed by atoms with Crippen molar-refractivity contribution in [2.45, 2.75) is 18.9 Å². The molecular formula is C23H22N6O4. The second-order valence-electron chi connectivity index (χ2n) is 7.84. The number of rotatable bonds is 4. The smallest absolute Gasteiger partial charge is 0.407 e. The number of hydrogen-bond acceptors (Lipinski definition) is 6. The molecule has 10 heteroatoms. The lowest BCUT2D eigenvalue weighted by molar-refractivity contribution is 0.121. The van der Waals surface area contributed by atoms with Crippen LogP contribution in [0, 0.1) is 0 Å². The predicted octanol–water partition coefficient (Wildman–Crippen LogP) is 3.27. The van der Waals surface area contributed by atoms with Gasteiger partial charge in [-0.05, 0) is 49.2 Å². The van der Waals surface area contributed by atoms with Crippen LogP contribution in [-0.2, 0) is 0 Å². The molecule has 3 N–H and O–H groups in total. The molecule has 0 unspecified atom stereocenters. The third-order valence-corrected chi connectivity index (χ3v) is 5.80. The van der Waals surface area contributed by atoms with E-state index in [9.17, 15) is 14.7 Å². The lowest BCUT2D eigenvalue weighted by atomic mass is 10.1. The van der Waals surface area contributed by atoms with Gasteiger partial charge in [0.1, 0.15) is 17.1 Å². The fourth-order valence-electron chi connectivity index (χ4n) is 4.31. The number of nitrogens with zero attached hydrogens (tertiary/aromatic N) is 5. The second kappa shape index (κ2) is 8.30. The molecular weight excluding hydrogens is 424 g/mol. The first-order valence-corrected chi connectivity index (χ1v) is 10.6. The first-order chi connectivity index (χ1) is 16.0. The van der Waals surface area contributed by atoms with Crippen molar-refractivity contribution in [2.24, 2.45) is 0 Å². The number of imidazole rings is 1. The Morgan fingerprint density at radius 3 is 2.64 bits per heavy atom. The molecule has 1 aliphatic rings. The topological polar surface area (TPSA) is 128 Å². The quantitative estimate of drug-likeness (QED) is 0.492. The number of aromatic nitrogens is 4. The number of hydrogen-bond donors (Lipinski definition) is 2. The van der Waals surface area contributed by atoms with Gasteiger partial charge in [-0.15, -0.1) is 0 Å². The van der Waals surface area contributed by atoms with Gasteiger partial charge in [0.05, 0.1) is 17.2 Å². The number of nitrogen functional groups attached to an aromatic ring is 1. The van der Waals surface area contributed by atoms with Crippen LogP contribution in [0.25, 0.3) is 16.7 Å². The zero-order valence-electron chi connectivity index (χ0n) is 17.7. The van der Waals surface area contributed by atoms with Gasteiger partial charge in [0.2, 0.25) is 5.88 Å². The summed E-state index contributed by atoms with van der Waals surface area (Å²) in [6.45, 7) is 0.702. The highest BCUT2D eigenvalue weighted by atomic mass is 16.5. The molecule has 0 bridgehead atoms. The molecule has 1 atom stereocenters. The van der Waals surface area contributed by atoms with E-state index in [1.165, 1.54) is 9.47 Å². The Labute approximate surface area is 188 Å². The number of likely N-dealkylation sites (tertiary alicyclic amines) is 1. The Hall–Kier alpha value is -4.34. The molecule has 4 heterocycles. The normalized spacial score (nSPS) is 16.1. The molecule has 33 heavy (non-hydrogen) atoms. The molecule has 168 valence electrons. The molecule has 3 aromatic heterocycles. The van der Waals surface area contributed by atoms with Gasteiger partial charge in [-0.1, -0.05) is 6.07 Å². The first kappa shape index (κ1) is 20.6. The van der Waals surface area contributed by atoms with Crippen molar-refractivity contribution in [1.29, 1.82) is 0 Å². The fourth-order valence-corrected chi connectivity index (χ4v) is 4.31. The number of benzene rings is 1. The average Bonchev–Trinajstić information content (AvgIpc) is 3.13. The lowest BCUT2D eigenvalue weighted by Gasteiger charge is -2.31. The summed E-state index contributed by atoms with van der Waals surface area (Å²) in [5.74, 6) is 1.26. The van der Waals surface area contributed by atoms with Gasteiger partial charge in [-0.25, -0.2) is 19.6 Å². The van der Waals surface area contributed by atoms with Crippen molar-refractivity contribution in [3.05, 3.63) is 71.4 Å². The Bertz CT molecular complexity index is 1360. The van der Waals surface area contributed by atoms with E-state index in [1.807, 2.05) is 6.07 Å². The number of fused-ring (bicyclic) bond motifs is 1. The Morgan fingerprint density at radius 2 is 1.91 bits per heavy atom. The molecule has 1 saturated heterocycles. The molecule has 1 fully saturated rings. The molecule has 4 aromatic rings. The van der Waals surface area contributed by atoms with Crippen LogP contribution in [0.15, 0.2) is 65.7 Å². The zero-order valence-corrected chi connectivity index (χ0v) is 17.7. The van der Waals surface area contributed by atoms with Crippen LogP contribution in [0.3, 0.4) is 0 Å².